The standard InChI is InChI=1S/C30H22BF6N/c1-17-8-14-25-27-26(17)28(2,3)21-6-4-5-7-22(21)31(27)23-16-19(30(35,36)37)11-15-24(23)38(25)20-12-9-18(10-13-20)29(32,33)34/h4-16H,1-3H3. The van der Waals surface area contributed by atoms with Crippen molar-refractivity contribution in [1.29, 1.82) is 0 Å². The molecular weight excluding hydrogens is 499 g/mol. The number of halogens is 6. The number of anilines is 3. The summed E-state index contributed by atoms with van der Waals surface area (Å²) in [6, 6.07) is 20.1. The predicted molar refractivity (Wildman–Crippen MR) is 139 cm³/mol. The molecule has 0 N–H and O–H groups in total. The van der Waals surface area contributed by atoms with Gasteiger partial charge in [0.25, 0.3) is 0 Å². The molecular formula is C30H22BF6N. The first kappa shape index (κ1) is 24.6. The van der Waals surface area contributed by atoms with Crippen LogP contribution >= 0.6 is 0 Å². The summed E-state index contributed by atoms with van der Waals surface area (Å²) in [5.74, 6) is 0. The van der Waals surface area contributed by atoms with Gasteiger partial charge in [-0.15, -0.1) is 0 Å². The zero-order valence-corrected chi connectivity index (χ0v) is 20.8. The zero-order valence-electron chi connectivity index (χ0n) is 20.8. The number of fused-ring (bicyclic) bond motifs is 4. The highest BCUT2D eigenvalue weighted by Crippen LogP contribution is 2.44. The highest BCUT2D eigenvalue weighted by atomic mass is 19.4. The van der Waals surface area contributed by atoms with Crippen molar-refractivity contribution in [1.82, 2.24) is 0 Å². The lowest BCUT2D eigenvalue weighted by Crippen LogP contribution is -2.64. The van der Waals surface area contributed by atoms with Gasteiger partial charge in [0.15, 0.2) is 0 Å². The van der Waals surface area contributed by atoms with E-state index < -0.39 is 35.6 Å². The molecule has 2 aliphatic rings. The smallest absolute Gasteiger partial charge is 0.312 e. The Morgan fingerprint density at radius 3 is 1.95 bits per heavy atom. The molecule has 0 amide bonds. The second kappa shape index (κ2) is 7.92. The highest BCUT2D eigenvalue weighted by molar-refractivity contribution is 6.99. The molecule has 1 nitrogen and oxygen atoms in total. The van der Waals surface area contributed by atoms with Crippen molar-refractivity contribution in [3.8, 4) is 0 Å². The van der Waals surface area contributed by atoms with Crippen LogP contribution in [0.3, 0.4) is 0 Å². The number of hydrogen-bond donors (Lipinski definition) is 0. The zero-order chi connectivity index (χ0) is 27.2. The summed E-state index contributed by atoms with van der Waals surface area (Å²) in [5, 5.41) is 0. The fourth-order valence-electron chi connectivity index (χ4n) is 6.34. The Kier molecular flexibility index (Phi) is 5.13. The minimum atomic E-state index is -4.54. The third kappa shape index (κ3) is 3.49. The van der Waals surface area contributed by atoms with Gasteiger partial charge in [-0.1, -0.05) is 55.7 Å². The summed E-state index contributed by atoms with van der Waals surface area (Å²) in [4.78, 5) is 1.79. The van der Waals surface area contributed by atoms with Crippen molar-refractivity contribution in [2.24, 2.45) is 0 Å². The van der Waals surface area contributed by atoms with E-state index in [1.165, 1.54) is 24.3 Å². The molecule has 4 aromatic carbocycles. The second-order valence-electron chi connectivity index (χ2n) is 10.5. The van der Waals surface area contributed by atoms with Crippen LogP contribution < -0.4 is 21.3 Å². The van der Waals surface area contributed by atoms with Crippen molar-refractivity contribution in [2.45, 2.75) is 38.5 Å². The van der Waals surface area contributed by atoms with Crippen molar-refractivity contribution < 1.29 is 26.3 Å². The van der Waals surface area contributed by atoms with Gasteiger partial charge in [0.2, 0.25) is 6.71 Å². The molecule has 0 fully saturated rings. The van der Waals surface area contributed by atoms with Crippen molar-refractivity contribution in [2.75, 3.05) is 4.90 Å². The van der Waals surface area contributed by atoms with Crippen LogP contribution in [0.2, 0.25) is 0 Å². The van der Waals surface area contributed by atoms with E-state index in [0.717, 1.165) is 51.5 Å². The molecule has 2 aliphatic heterocycles. The molecule has 192 valence electrons. The van der Waals surface area contributed by atoms with Crippen LogP contribution in [0.25, 0.3) is 0 Å². The fourth-order valence-corrected chi connectivity index (χ4v) is 6.34. The first-order valence-electron chi connectivity index (χ1n) is 12.2. The Labute approximate surface area is 216 Å². The molecule has 0 spiro atoms. The van der Waals surface area contributed by atoms with Crippen molar-refractivity contribution in [3.63, 3.8) is 0 Å². The maximum absolute atomic E-state index is 13.9. The molecule has 2 heterocycles. The Hall–Kier alpha value is -3.68. The van der Waals surface area contributed by atoms with E-state index in [1.54, 1.807) is 4.90 Å². The molecule has 0 saturated carbocycles. The van der Waals surface area contributed by atoms with Crippen LogP contribution in [-0.4, -0.2) is 6.71 Å². The van der Waals surface area contributed by atoms with Gasteiger partial charge < -0.3 is 4.90 Å². The number of alkyl halides is 6. The largest absolute Gasteiger partial charge is 0.416 e. The maximum Gasteiger partial charge on any atom is 0.416 e. The predicted octanol–water partition coefficient (Wildman–Crippen LogP) is 6.97. The van der Waals surface area contributed by atoms with Crippen LogP contribution in [0.1, 0.15) is 41.7 Å². The summed E-state index contributed by atoms with van der Waals surface area (Å²) in [6.07, 6.45) is -9.04. The Morgan fingerprint density at radius 1 is 0.684 bits per heavy atom. The normalized spacial score (nSPS) is 15.6. The van der Waals surface area contributed by atoms with E-state index in [4.69, 9.17) is 0 Å². The first-order valence-corrected chi connectivity index (χ1v) is 12.2. The van der Waals surface area contributed by atoms with E-state index in [1.807, 2.05) is 43.3 Å². The molecule has 0 bridgehead atoms. The van der Waals surface area contributed by atoms with Gasteiger partial charge in [-0.05, 0) is 77.0 Å². The van der Waals surface area contributed by atoms with Gasteiger partial charge in [0, 0.05) is 22.5 Å². The second-order valence-corrected chi connectivity index (χ2v) is 10.5. The Bertz CT molecular complexity index is 1580. The minimum absolute atomic E-state index is 0.437. The lowest BCUT2D eigenvalue weighted by Gasteiger charge is -2.46. The van der Waals surface area contributed by atoms with Gasteiger partial charge in [-0.3, -0.25) is 0 Å². The van der Waals surface area contributed by atoms with E-state index >= 15 is 0 Å². The Morgan fingerprint density at radius 2 is 1.29 bits per heavy atom. The molecule has 0 unspecified atom stereocenters. The number of aryl methyl sites for hydroxylation is 1. The number of nitrogens with zero attached hydrogens (tertiary/aromatic N) is 1. The molecule has 8 heteroatoms. The molecule has 0 radical (unpaired) electrons. The number of benzene rings is 4. The third-order valence-electron chi connectivity index (χ3n) is 7.89. The van der Waals surface area contributed by atoms with Crippen LogP contribution in [-0.2, 0) is 17.8 Å². The first-order chi connectivity index (χ1) is 17.8. The average Bonchev–Trinajstić information content (AvgIpc) is 2.85. The van der Waals surface area contributed by atoms with E-state index in [2.05, 4.69) is 13.8 Å². The molecule has 6 rings (SSSR count). The minimum Gasteiger partial charge on any atom is -0.312 e. The third-order valence-corrected chi connectivity index (χ3v) is 7.89. The van der Waals surface area contributed by atoms with Crippen LogP contribution in [0.15, 0.2) is 78.9 Å². The average molecular weight is 521 g/mol. The number of rotatable bonds is 1. The molecule has 0 saturated heterocycles. The summed E-state index contributed by atoms with van der Waals surface area (Å²) >= 11 is 0. The maximum atomic E-state index is 13.9. The topological polar surface area (TPSA) is 3.24 Å². The van der Waals surface area contributed by atoms with E-state index in [9.17, 15) is 26.3 Å². The number of hydrogen-bond acceptors (Lipinski definition) is 1. The van der Waals surface area contributed by atoms with Gasteiger partial charge in [-0.2, -0.15) is 26.3 Å². The summed E-state index contributed by atoms with van der Waals surface area (Å²) in [6.45, 7) is 5.75. The SMILES string of the molecule is Cc1ccc2c3c1C(C)(C)c1ccccc1B3c1cc(C(F)(F)F)ccc1N2c1ccc(C(F)(F)F)cc1. The highest BCUT2D eigenvalue weighted by Gasteiger charge is 2.47. The summed E-state index contributed by atoms with van der Waals surface area (Å²) in [7, 11) is 0. The van der Waals surface area contributed by atoms with Crippen LogP contribution in [0, 0.1) is 6.92 Å². The fraction of sp³-hybridized carbons (Fsp3) is 0.200. The van der Waals surface area contributed by atoms with Gasteiger partial charge in [0.1, 0.15) is 0 Å². The molecule has 0 atom stereocenters. The molecule has 0 aliphatic carbocycles. The van der Waals surface area contributed by atoms with Crippen LogP contribution in [0.5, 0.6) is 0 Å². The van der Waals surface area contributed by atoms with Gasteiger partial charge >= 0.3 is 12.4 Å². The molecule has 38 heavy (non-hydrogen) atoms. The molecule has 4 aromatic rings. The van der Waals surface area contributed by atoms with Crippen LogP contribution in [0.4, 0.5) is 43.4 Å². The summed E-state index contributed by atoms with van der Waals surface area (Å²) in [5.41, 5.74) is 5.11. The Balaban J connectivity index is 1.70. The molecule has 0 aromatic heterocycles. The quantitative estimate of drug-likeness (QED) is 0.170. The van der Waals surface area contributed by atoms with Gasteiger partial charge in [0.05, 0.1) is 11.1 Å². The van der Waals surface area contributed by atoms with E-state index in [-0.39, 0.29) is 0 Å². The van der Waals surface area contributed by atoms with Crippen molar-refractivity contribution >= 4 is 40.2 Å². The van der Waals surface area contributed by atoms with Gasteiger partial charge in [-0.25, -0.2) is 0 Å². The van der Waals surface area contributed by atoms with E-state index in [0.29, 0.717) is 16.8 Å². The monoisotopic (exact) mass is 521 g/mol. The summed E-state index contributed by atoms with van der Waals surface area (Å²) < 4.78 is 81.7. The lowest BCUT2D eigenvalue weighted by atomic mass is 9.30. The van der Waals surface area contributed by atoms with Crippen molar-refractivity contribution in [3.05, 3.63) is 107 Å². The lowest BCUT2D eigenvalue weighted by molar-refractivity contribution is -0.138.